The average molecular weight is 192 g/mol. The summed E-state index contributed by atoms with van der Waals surface area (Å²) in [4.78, 5) is 0. The molecule has 3 saturated carbocycles. The van der Waals surface area contributed by atoms with Crippen LogP contribution in [0.5, 0.6) is 0 Å². The molecule has 0 N–H and O–H groups in total. The molecule has 0 saturated heterocycles. The van der Waals surface area contributed by atoms with Crippen LogP contribution in [0.1, 0.15) is 70.6 Å². The van der Waals surface area contributed by atoms with Crippen molar-refractivity contribution in [1.82, 2.24) is 0 Å². The molecule has 3 rings (SSSR count). The molecule has 0 aromatic heterocycles. The Morgan fingerprint density at radius 3 is 2.00 bits per heavy atom. The summed E-state index contributed by atoms with van der Waals surface area (Å²) >= 11 is 0. The highest BCUT2D eigenvalue weighted by atomic mass is 14.8. The zero-order valence-electron chi connectivity index (χ0n) is 9.43. The number of fused-ring (bicyclic) bond motifs is 1. The Hall–Kier alpha value is 0. The van der Waals surface area contributed by atoms with Gasteiger partial charge in [0.2, 0.25) is 0 Å². The van der Waals surface area contributed by atoms with E-state index in [1.54, 1.807) is 32.1 Å². The molecule has 3 aliphatic rings. The van der Waals surface area contributed by atoms with Crippen LogP contribution < -0.4 is 0 Å². The van der Waals surface area contributed by atoms with Gasteiger partial charge in [0.05, 0.1) is 0 Å². The molecule has 0 bridgehead atoms. The van der Waals surface area contributed by atoms with E-state index in [2.05, 4.69) is 0 Å². The number of rotatable bonds is 0. The molecule has 0 aromatic rings. The van der Waals surface area contributed by atoms with Crippen LogP contribution in [0.15, 0.2) is 0 Å². The number of hydrogen-bond acceptors (Lipinski definition) is 0. The summed E-state index contributed by atoms with van der Waals surface area (Å²) in [6.45, 7) is 0. The monoisotopic (exact) mass is 192 g/mol. The Morgan fingerprint density at radius 2 is 1.29 bits per heavy atom. The molecule has 3 atom stereocenters. The predicted molar refractivity (Wildman–Crippen MR) is 60.2 cm³/mol. The fourth-order valence-electron chi connectivity index (χ4n) is 3.99. The second-order valence-corrected chi connectivity index (χ2v) is 6.02. The van der Waals surface area contributed by atoms with Gasteiger partial charge in [-0.25, -0.2) is 0 Å². The highest BCUT2D eigenvalue weighted by Crippen LogP contribution is 2.83. The fraction of sp³-hybridized carbons (Fsp3) is 1.00. The van der Waals surface area contributed by atoms with Crippen LogP contribution in [0.3, 0.4) is 0 Å². The summed E-state index contributed by atoms with van der Waals surface area (Å²) in [6.07, 6.45) is 17.0. The van der Waals surface area contributed by atoms with Gasteiger partial charge in [-0.3, -0.25) is 0 Å². The van der Waals surface area contributed by atoms with Crippen molar-refractivity contribution >= 4 is 0 Å². The van der Waals surface area contributed by atoms with Crippen molar-refractivity contribution < 1.29 is 0 Å². The van der Waals surface area contributed by atoms with Crippen LogP contribution in [-0.4, -0.2) is 0 Å². The van der Waals surface area contributed by atoms with Crippen LogP contribution >= 0.6 is 0 Å². The minimum absolute atomic E-state index is 0.958. The lowest BCUT2D eigenvalue weighted by Crippen LogP contribution is -2.00. The van der Waals surface area contributed by atoms with Gasteiger partial charge >= 0.3 is 0 Å². The predicted octanol–water partition coefficient (Wildman–Crippen LogP) is 4.54. The van der Waals surface area contributed by atoms with Crippen molar-refractivity contribution in [2.75, 3.05) is 0 Å². The minimum atomic E-state index is 0.958. The molecule has 80 valence electrons. The maximum atomic E-state index is 1.62. The van der Waals surface area contributed by atoms with Crippen molar-refractivity contribution in [2.45, 2.75) is 70.6 Å². The normalized spacial score (nSPS) is 48.0. The van der Waals surface area contributed by atoms with Gasteiger partial charge in [0.15, 0.2) is 0 Å². The highest BCUT2D eigenvalue weighted by Gasteiger charge is 2.76. The lowest BCUT2D eigenvalue weighted by Gasteiger charge is -2.13. The summed E-state index contributed by atoms with van der Waals surface area (Å²) in [5, 5.41) is 0. The molecule has 0 aliphatic heterocycles. The largest absolute Gasteiger partial charge is 0.0533 e. The Morgan fingerprint density at radius 1 is 0.643 bits per heavy atom. The molecule has 0 amide bonds. The van der Waals surface area contributed by atoms with E-state index in [0.29, 0.717) is 0 Å². The molecule has 1 spiro atoms. The van der Waals surface area contributed by atoms with Crippen molar-refractivity contribution in [3.05, 3.63) is 0 Å². The third kappa shape index (κ3) is 1.51. The average Bonchev–Trinajstić information content (AvgIpc) is 3.01. The number of hydrogen-bond donors (Lipinski definition) is 0. The first-order valence-corrected chi connectivity index (χ1v) is 6.93. The zero-order valence-corrected chi connectivity index (χ0v) is 9.43. The van der Waals surface area contributed by atoms with E-state index in [-0.39, 0.29) is 0 Å². The Labute approximate surface area is 88.5 Å². The molecule has 0 heteroatoms. The topological polar surface area (TPSA) is 0 Å². The molecular weight excluding hydrogens is 168 g/mol. The van der Waals surface area contributed by atoms with E-state index < -0.39 is 0 Å². The highest BCUT2D eigenvalue weighted by molar-refractivity contribution is 5.24. The standard InChI is InChI=1S/C14H24/c1-2-4-6-8-10-14-11-13(14)12(14)9-7-5-3-1/h12-13H,1-11H2. The molecule has 0 radical (unpaired) electrons. The first-order chi connectivity index (χ1) is 6.93. The molecule has 0 aromatic carbocycles. The molecule has 3 aliphatic carbocycles. The van der Waals surface area contributed by atoms with E-state index >= 15 is 0 Å². The van der Waals surface area contributed by atoms with Crippen molar-refractivity contribution in [3.63, 3.8) is 0 Å². The fourth-order valence-corrected chi connectivity index (χ4v) is 3.99. The Balaban J connectivity index is 1.49. The first kappa shape index (κ1) is 9.24. The lowest BCUT2D eigenvalue weighted by atomic mass is 9.93. The van der Waals surface area contributed by atoms with E-state index in [1.807, 2.05) is 0 Å². The van der Waals surface area contributed by atoms with Gasteiger partial charge in [-0.05, 0) is 36.5 Å². The van der Waals surface area contributed by atoms with Crippen LogP contribution in [0, 0.1) is 17.3 Å². The maximum Gasteiger partial charge on any atom is -0.0232 e. The van der Waals surface area contributed by atoms with Crippen LogP contribution in [-0.2, 0) is 0 Å². The molecule has 3 unspecified atom stereocenters. The van der Waals surface area contributed by atoms with E-state index in [1.165, 1.54) is 50.4 Å². The van der Waals surface area contributed by atoms with E-state index in [4.69, 9.17) is 0 Å². The molecular formula is C14H24. The maximum absolute atomic E-state index is 1.62. The van der Waals surface area contributed by atoms with Gasteiger partial charge in [-0.2, -0.15) is 0 Å². The summed E-state index contributed by atoms with van der Waals surface area (Å²) in [5.74, 6) is 2.44. The van der Waals surface area contributed by atoms with Gasteiger partial charge < -0.3 is 0 Å². The minimum Gasteiger partial charge on any atom is -0.0533 e. The first-order valence-electron chi connectivity index (χ1n) is 6.93. The SMILES string of the molecule is C1CCCCCC23CC2C3CCCC1. The molecule has 0 heterocycles. The van der Waals surface area contributed by atoms with Gasteiger partial charge in [0.1, 0.15) is 0 Å². The molecule has 3 fully saturated rings. The second kappa shape index (κ2) is 3.54. The zero-order chi connectivity index (χ0) is 9.43. The third-order valence-corrected chi connectivity index (χ3v) is 5.20. The second-order valence-electron chi connectivity index (χ2n) is 6.02. The van der Waals surface area contributed by atoms with Crippen molar-refractivity contribution in [2.24, 2.45) is 17.3 Å². The summed E-state index contributed by atoms with van der Waals surface area (Å²) in [6, 6.07) is 0. The Bertz CT molecular complexity index is 208. The quantitative estimate of drug-likeness (QED) is 0.528. The van der Waals surface area contributed by atoms with Crippen LogP contribution in [0.2, 0.25) is 0 Å². The van der Waals surface area contributed by atoms with Crippen molar-refractivity contribution in [1.29, 1.82) is 0 Å². The van der Waals surface area contributed by atoms with Crippen LogP contribution in [0.4, 0.5) is 0 Å². The van der Waals surface area contributed by atoms with Gasteiger partial charge in [0.25, 0.3) is 0 Å². The van der Waals surface area contributed by atoms with E-state index in [0.717, 1.165) is 5.41 Å². The summed E-state index contributed by atoms with van der Waals surface area (Å²) < 4.78 is 0. The van der Waals surface area contributed by atoms with Gasteiger partial charge in [0, 0.05) is 0 Å². The Kier molecular flexibility index (Phi) is 2.34. The molecule has 14 heavy (non-hydrogen) atoms. The van der Waals surface area contributed by atoms with Crippen molar-refractivity contribution in [3.8, 4) is 0 Å². The smallest absolute Gasteiger partial charge is 0.0232 e. The molecule has 0 nitrogen and oxygen atoms in total. The van der Waals surface area contributed by atoms with Gasteiger partial charge in [-0.15, -0.1) is 0 Å². The van der Waals surface area contributed by atoms with Crippen LogP contribution in [0.25, 0.3) is 0 Å². The summed E-state index contributed by atoms with van der Waals surface area (Å²) in [7, 11) is 0. The summed E-state index contributed by atoms with van der Waals surface area (Å²) in [5.41, 5.74) is 0.958. The van der Waals surface area contributed by atoms with E-state index in [9.17, 15) is 0 Å². The lowest BCUT2D eigenvalue weighted by molar-refractivity contribution is 0.392. The van der Waals surface area contributed by atoms with Gasteiger partial charge in [-0.1, -0.05) is 51.4 Å². The third-order valence-electron chi connectivity index (χ3n) is 5.20.